The van der Waals surface area contributed by atoms with E-state index in [4.69, 9.17) is 10.5 Å². The van der Waals surface area contributed by atoms with Crippen LogP contribution in [0.5, 0.6) is 0 Å². The van der Waals surface area contributed by atoms with Gasteiger partial charge in [-0.25, -0.2) is 0 Å². The molecule has 1 aromatic rings. The summed E-state index contributed by atoms with van der Waals surface area (Å²) in [6.07, 6.45) is 0.956. The number of nitrogen functional groups attached to an aromatic ring is 1. The third-order valence-corrected chi connectivity index (χ3v) is 5.70. The molecule has 2 N–H and O–H groups in total. The average molecular weight is 318 g/mol. The van der Waals surface area contributed by atoms with E-state index >= 15 is 0 Å². The number of nitrogens with two attached hydrogens (primary N) is 1. The third kappa shape index (κ3) is 2.89. The molecular weight excluding hydrogens is 302 g/mol. The second kappa shape index (κ2) is 5.50. The highest BCUT2D eigenvalue weighted by Crippen LogP contribution is 2.27. The van der Waals surface area contributed by atoms with E-state index in [9.17, 15) is 4.21 Å². The van der Waals surface area contributed by atoms with Crippen LogP contribution in [0.4, 0.5) is 5.69 Å². The lowest BCUT2D eigenvalue weighted by molar-refractivity contribution is 0.127. The van der Waals surface area contributed by atoms with Crippen LogP contribution in [0.25, 0.3) is 0 Å². The van der Waals surface area contributed by atoms with E-state index in [1.54, 1.807) is 0 Å². The molecule has 2 rings (SSSR count). The van der Waals surface area contributed by atoms with Gasteiger partial charge in [-0.2, -0.15) is 0 Å². The minimum atomic E-state index is -0.932. The van der Waals surface area contributed by atoms with E-state index in [0.717, 1.165) is 16.5 Å². The number of hydrogen-bond acceptors (Lipinski definition) is 3. The summed E-state index contributed by atoms with van der Waals surface area (Å²) in [5.74, 6) is 0.492. The van der Waals surface area contributed by atoms with Crippen LogP contribution in [0.15, 0.2) is 22.7 Å². The molecule has 0 bridgehead atoms. The van der Waals surface area contributed by atoms with Gasteiger partial charge in [-0.1, -0.05) is 22.0 Å². The van der Waals surface area contributed by atoms with Crippen LogP contribution in [0.1, 0.15) is 18.9 Å². The van der Waals surface area contributed by atoms with Gasteiger partial charge in [0.1, 0.15) is 0 Å². The monoisotopic (exact) mass is 317 g/mol. The predicted octanol–water partition coefficient (Wildman–Crippen LogP) is 2.46. The Morgan fingerprint density at radius 1 is 1.59 bits per heavy atom. The minimum absolute atomic E-state index is 0.0829. The fraction of sp³-hybridized carbons (Fsp3) is 0.500. The normalized spacial score (nSPS) is 26.0. The summed E-state index contributed by atoms with van der Waals surface area (Å²) in [6.45, 7) is 2.70. The Bertz CT molecular complexity index is 418. The Labute approximate surface area is 112 Å². The average Bonchev–Trinajstić information content (AvgIpc) is 2.70. The van der Waals surface area contributed by atoms with Crippen molar-refractivity contribution in [2.75, 3.05) is 12.3 Å². The van der Waals surface area contributed by atoms with Crippen molar-refractivity contribution in [3.8, 4) is 0 Å². The van der Waals surface area contributed by atoms with Gasteiger partial charge < -0.3 is 10.5 Å². The minimum Gasteiger partial charge on any atom is -0.398 e. The molecule has 3 atom stereocenters. The first-order chi connectivity index (χ1) is 8.09. The molecule has 1 aliphatic heterocycles. The first-order valence-electron chi connectivity index (χ1n) is 5.61. The Hall–Kier alpha value is -0.390. The van der Waals surface area contributed by atoms with E-state index in [0.29, 0.717) is 18.0 Å². The fourth-order valence-corrected chi connectivity index (χ4v) is 4.43. The smallest absolute Gasteiger partial charge is 0.0691 e. The molecule has 1 fully saturated rings. The van der Waals surface area contributed by atoms with E-state index in [1.165, 1.54) is 0 Å². The molecule has 17 heavy (non-hydrogen) atoms. The second-order valence-corrected chi connectivity index (χ2v) is 6.75. The van der Waals surface area contributed by atoms with Crippen molar-refractivity contribution in [3.63, 3.8) is 0 Å². The van der Waals surface area contributed by atoms with Gasteiger partial charge in [0, 0.05) is 33.1 Å². The number of hydrogen-bond donors (Lipinski definition) is 1. The number of benzene rings is 1. The lowest BCUT2D eigenvalue weighted by Gasteiger charge is -2.15. The van der Waals surface area contributed by atoms with Crippen molar-refractivity contribution in [2.45, 2.75) is 30.5 Å². The largest absolute Gasteiger partial charge is 0.398 e. The number of ether oxygens (including phenoxy) is 1. The summed E-state index contributed by atoms with van der Waals surface area (Å²) in [4.78, 5) is 0. The van der Waals surface area contributed by atoms with Crippen LogP contribution in [-0.2, 0) is 21.3 Å². The van der Waals surface area contributed by atoms with Gasteiger partial charge in [-0.15, -0.1) is 0 Å². The zero-order chi connectivity index (χ0) is 12.4. The molecule has 3 unspecified atom stereocenters. The van der Waals surface area contributed by atoms with E-state index in [1.807, 2.05) is 25.1 Å². The maximum atomic E-state index is 12.3. The van der Waals surface area contributed by atoms with Crippen molar-refractivity contribution in [3.05, 3.63) is 28.2 Å². The van der Waals surface area contributed by atoms with E-state index < -0.39 is 10.8 Å². The molecule has 3 nitrogen and oxygen atoms in total. The molecule has 0 aliphatic carbocycles. The zero-order valence-corrected chi connectivity index (χ0v) is 12.1. The van der Waals surface area contributed by atoms with Crippen molar-refractivity contribution < 1.29 is 8.95 Å². The summed E-state index contributed by atoms with van der Waals surface area (Å²) in [7, 11) is -0.932. The Balaban J connectivity index is 2.13. The number of rotatable bonds is 3. The van der Waals surface area contributed by atoms with Crippen molar-refractivity contribution in [1.82, 2.24) is 0 Å². The molecule has 0 radical (unpaired) electrons. The maximum absolute atomic E-state index is 12.3. The topological polar surface area (TPSA) is 52.3 Å². The van der Waals surface area contributed by atoms with Gasteiger partial charge in [-0.05, 0) is 25.5 Å². The summed E-state index contributed by atoms with van der Waals surface area (Å²) in [6, 6.07) is 5.65. The maximum Gasteiger partial charge on any atom is 0.0691 e. The molecule has 0 aromatic heterocycles. The van der Waals surface area contributed by atoms with Gasteiger partial charge in [0.2, 0.25) is 0 Å². The second-order valence-electron chi connectivity index (χ2n) is 4.24. The van der Waals surface area contributed by atoms with Crippen molar-refractivity contribution in [1.29, 1.82) is 0 Å². The Morgan fingerprint density at radius 2 is 2.35 bits per heavy atom. The summed E-state index contributed by atoms with van der Waals surface area (Å²) >= 11 is 3.45. The molecule has 1 aliphatic rings. The van der Waals surface area contributed by atoms with E-state index in [2.05, 4.69) is 15.9 Å². The lowest BCUT2D eigenvalue weighted by Crippen LogP contribution is -2.24. The first-order valence-corrected chi connectivity index (χ1v) is 7.78. The Kier molecular flexibility index (Phi) is 4.22. The van der Waals surface area contributed by atoms with Crippen LogP contribution in [0.3, 0.4) is 0 Å². The first kappa shape index (κ1) is 13.1. The lowest BCUT2D eigenvalue weighted by atomic mass is 10.2. The van der Waals surface area contributed by atoms with Gasteiger partial charge in [-0.3, -0.25) is 4.21 Å². The van der Waals surface area contributed by atoms with Gasteiger partial charge >= 0.3 is 0 Å². The predicted molar refractivity (Wildman–Crippen MR) is 74.2 cm³/mol. The molecule has 0 amide bonds. The summed E-state index contributed by atoms with van der Waals surface area (Å²) in [5, 5.41) is 0.126. The van der Waals surface area contributed by atoms with Gasteiger partial charge in [0.25, 0.3) is 0 Å². The third-order valence-electron chi connectivity index (χ3n) is 3.09. The highest BCUT2D eigenvalue weighted by Gasteiger charge is 2.30. The van der Waals surface area contributed by atoms with Crippen LogP contribution in [-0.4, -0.2) is 22.2 Å². The zero-order valence-electron chi connectivity index (χ0n) is 9.69. The molecule has 0 spiro atoms. The molecule has 94 valence electrons. The quantitative estimate of drug-likeness (QED) is 0.871. The molecule has 5 heteroatoms. The van der Waals surface area contributed by atoms with Crippen LogP contribution < -0.4 is 5.73 Å². The number of anilines is 1. The number of halogens is 1. The van der Waals surface area contributed by atoms with Crippen LogP contribution in [0.2, 0.25) is 0 Å². The summed E-state index contributed by atoms with van der Waals surface area (Å²) < 4.78 is 18.7. The van der Waals surface area contributed by atoms with Crippen LogP contribution in [0, 0.1) is 0 Å². The summed E-state index contributed by atoms with van der Waals surface area (Å²) in [5.41, 5.74) is 7.54. The fourth-order valence-electron chi connectivity index (χ4n) is 2.03. The Morgan fingerprint density at radius 3 is 2.94 bits per heavy atom. The van der Waals surface area contributed by atoms with Crippen molar-refractivity contribution >= 4 is 32.4 Å². The SMILES string of the molecule is CC1OCCC1S(=O)Cc1c(N)cccc1Br. The van der Waals surface area contributed by atoms with Gasteiger partial charge in [0.15, 0.2) is 0 Å². The molecule has 1 heterocycles. The van der Waals surface area contributed by atoms with Gasteiger partial charge in [0.05, 0.1) is 17.1 Å². The molecule has 0 saturated carbocycles. The molecular formula is C12H16BrNO2S. The highest BCUT2D eigenvalue weighted by atomic mass is 79.9. The van der Waals surface area contributed by atoms with Crippen LogP contribution >= 0.6 is 15.9 Å². The van der Waals surface area contributed by atoms with E-state index in [-0.39, 0.29) is 11.4 Å². The highest BCUT2D eigenvalue weighted by molar-refractivity contribution is 9.10. The van der Waals surface area contributed by atoms with Crippen molar-refractivity contribution in [2.24, 2.45) is 0 Å². The standard InChI is InChI=1S/C12H16BrNO2S/c1-8-12(5-6-16-8)17(15)7-9-10(13)3-2-4-11(9)14/h2-4,8,12H,5-7,14H2,1H3. The molecule has 1 saturated heterocycles. The molecule has 1 aromatic carbocycles.